The van der Waals surface area contributed by atoms with Gasteiger partial charge in [-0.3, -0.25) is 0 Å². The van der Waals surface area contributed by atoms with E-state index in [2.05, 4.69) is 5.32 Å². The number of urea groups is 1. The number of amides is 2. The number of rotatable bonds is 4. The van der Waals surface area contributed by atoms with E-state index in [1.165, 1.54) is 28.6 Å². The standard InChI is InChI=1S/C22H24N4O5S/c1-16(18-4-7-20-21(14-18)31-13-12-30-20)24-22(27)25-8-10-26(11-9-25)32(28,29)19-5-2-17(15-23)3-6-19/h2-7,14,16H,8-13H2,1H3,(H,24,27)/t16-/m0/s1. The highest BCUT2D eigenvalue weighted by atomic mass is 32.2. The van der Waals surface area contributed by atoms with Gasteiger partial charge in [-0.15, -0.1) is 0 Å². The maximum absolute atomic E-state index is 12.8. The third-order valence-electron chi connectivity index (χ3n) is 5.55. The summed E-state index contributed by atoms with van der Waals surface area (Å²) < 4.78 is 38.2. The quantitative estimate of drug-likeness (QED) is 0.754. The molecule has 0 aliphatic carbocycles. The maximum atomic E-state index is 12.8. The van der Waals surface area contributed by atoms with Crippen molar-refractivity contribution in [1.82, 2.24) is 14.5 Å². The van der Waals surface area contributed by atoms with E-state index in [1.807, 2.05) is 31.2 Å². The van der Waals surface area contributed by atoms with Gasteiger partial charge in [0.2, 0.25) is 10.0 Å². The molecular weight excluding hydrogens is 432 g/mol. The predicted octanol–water partition coefficient (Wildman–Crippen LogP) is 2.11. The van der Waals surface area contributed by atoms with E-state index in [-0.39, 0.29) is 43.1 Å². The molecule has 2 heterocycles. The number of nitrogens with one attached hydrogen (secondary N) is 1. The van der Waals surface area contributed by atoms with Gasteiger partial charge in [0.25, 0.3) is 0 Å². The second-order valence-corrected chi connectivity index (χ2v) is 9.54. The van der Waals surface area contributed by atoms with Crippen LogP contribution < -0.4 is 14.8 Å². The Kier molecular flexibility index (Phi) is 6.21. The Morgan fingerprint density at radius 1 is 1.03 bits per heavy atom. The Labute approximate surface area is 187 Å². The van der Waals surface area contributed by atoms with Crippen LogP contribution in [-0.2, 0) is 10.0 Å². The number of nitriles is 1. The minimum absolute atomic E-state index is 0.140. The zero-order valence-electron chi connectivity index (χ0n) is 17.7. The topological polar surface area (TPSA) is 112 Å². The fourth-order valence-corrected chi connectivity index (χ4v) is 5.09. The molecule has 1 fully saturated rings. The molecule has 32 heavy (non-hydrogen) atoms. The molecule has 1 saturated heterocycles. The van der Waals surface area contributed by atoms with E-state index in [0.717, 1.165) is 5.56 Å². The van der Waals surface area contributed by atoms with Crippen LogP contribution >= 0.6 is 0 Å². The molecule has 0 aromatic heterocycles. The average molecular weight is 457 g/mol. The molecule has 0 bridgehead atoms. The van der Waals surface area contributed by atoms with Crippen molar-refractivity contribution in [1.29, 1.82) is 5.26 Å². The summed E-state index contributed by atoms with van der Waals surface area (Å²) >= 11 is 0. The Bertz CT molecular complexity index is 1140. The first-order valence-corrected chi connectivity index (χ1v) is 11.8. The number of carbonyl (C=O) groups is 1. The van der Waals surface area contributed by atoms with E-state index in [9.17, 15) is 13.2 Å². The minimum Gasteiger partial charge on any atom is -0.486 e. The molecule has 0 spiro atoms. The highest BCUT2D eigenvalue weighted by Crippen LogP contribution is 2.32. The van der Waals surface area contributed by atoms with Crippen LogP contribution in [-0.4, -0.2) is 63.0 Å². The molecule has 0 saturated carbocycles. The molecule has 2 aliphatic rings. The monoisotopic (exact) mass is 456 g/mol. The second kappa shape index (κ2) is 9.06. The van der Waals surface area contributed by atoms with Crippen LogP contribution in [0.5, 0.6) is 11.5 Å². The van der Waals surface area contributed by atoms with Crippen molar-refractivity contribution in [2.24, 2.45) is 0 Å². The summed E-state index contributed by atoms with van der Waals surface area (Å²) in [6.45, 7) is 3.88. The molecule has 10 heteroatoms. The molecule has 168 valence electrons. The van der Waals surface area contributed by atoms with Crippen molar-refractivity contribution < 1.29 is 22.7 Å². The first-order chi connectivity index (χ1) is 15.4. The van der Waals surface area contributed by atoms with Gasteiger partial charge in [-0.2, -0.15) is 9.57 Å². The van der Waals surface area contributed by atoms with Crippen molar-refractivity contribution in [3.8, 4) is 17.6 Å². The lowest BCUT2D eigenvalue weighted by molar-refractivity contribution is 0.168. The number of ether oxygens (including phenoxy) is 2. The predicted molar refractivity (Wildman–Crippen MR) is 116 cm³/mol. The van der Waals surface area contributed by atoms with Crippen molar-refractivity contribution in [3.63, 3.8) is 0 Å². The van der Waals surface area contributed by atoms with Gasteiger partial charge in [0, 0.05) is 26.2 Å². The average Bonchev–Trinajstić information content (AvgIpc) is 2.83. The van der Waals surface area contributed by atoms with Gasteiger partial charge >= 0.3 is 6.03 Å². The number of hydrogen-bond donors (Lipinski definition) is 1. The summed E-state index contributed by atoms with van der Waals surface area (Å²) in [5.41, 5.74) is 1.29. The normalized spacial score (nSPS) is 17.3. The summed E-state index contributed by atoms with van der Waals surface area (Å²) in [5, 5.41) is 11.8. The Balaban J connectivity index is 1.34. The first kappa shape index (κ1) is 21.9. The molecule has 1 N–H and O–H groups in total. The van der Waals surface area contributed by atoms with Gasteiger partial charge in [0.1, 0.15) is 13.2 Å². The third kappa shape index (κ3) is 4.49. The van der Waals surface area contributed by atoms with Gasteiger partial charge in [-0.05, 0) is 48.9 Å². The van der Waals surface area contributed by atoms with E-state index in [1.54, 1.807) is 4.90 Å². The first-order valence-electron chi connectivity index (χ1n) is 10.3. The van der Waals surface area contributed by atoms with Crippen LogP contribution in [0.25, 0.3) is 0 Å². The summed E-state index contributed by atoms with van der Waals surface area (Å²) in [6, 6.07) is 12.9. The molecular formula is C22H24N4O5S. The fraction of sp³-hybridized carbons (Fsp3) is 0.364. The highest BCUT2D eigenvalue weighted by Gasteiger charge is 2.30. The highest BCUT2D eigenvalue weighted by molar-refractivity contribution is 7.89. The molecule has 0 unspecified atom stereocenters. The molecule has 0 radical (unpaired) electrons. The molecule has 2 aliphatic heterocycles. The Hall–Kier alpha value is -3.29. The molecule has 2 aromatic rings. The van der Waals surface area contributed by atoms with Gasteiger partial charge in [0.15, 0.2) is 11.5 Å². The van der Waals surface area contributed by atoms with Gasteiger partial charge in [0.05, 0.1) is 22.6 Å². The SMILES string of the molecule is C[C@H](NC(=O)N1CCN(S(=O)(=O)c2ccc(C#N)cc2)CC1)c1ccc2c(c1)OCCO2. The lowest BCUT2D eigenvalue weighted by Crippen LogP contribution is -2.53. The van der Waals surface area contributed by atoms with Crippen LogP contribution in [0, 0.1) is 11.3 Å². The van der Waals surface area contributed by atoms with Crippen LogP contribution in [0.4, 0.5) is 4.79 Å². The summed E-state index contributed by atoms with van der Waals surface area (Å²) in [7, 11) is -3.67. The number of fused-ring (bicyclic) bond motifs is 1. The number of piperazine rings is 1. The molecule has 1 atom stereocenters. The number of hydrogen-bond acceptors (Lipinski definition) is 6. The molecule has 4 rings (SSSR count). The van der Waals surface area contributed by atoms with Gasteiger partial charge < -0.3 is 19.7 Å². The molecule has 9 nitrogen and oxygen atoms in total. The van der Waals surface area contributed by atoms with E-state index >= 15 is 0 Å². The summed E-state index contributed by atoms with van der Waals surface area (Å²) in [6.07, 6.45) is 0. The lowest BCUT2D eigenvalue weighted by Gasteiger charge is -2.34. The van der Waals surface area contributed by atoms with E-state index in [0.29, 0.717) is 30.3 Å². The fourth-order valence-electron chi connectivity index (χ4n) is 3.67. The Morgan fingerprint density at radius 2 is 1.69 bits per heavy atom. The van der Waals surface area contributed by atoms with Gasteiger partial charge in [-0.1, -0.05) is 6.07 Å². The second-order valence-electron chi connectivity index (χ2n) is 7.60. The summed E-state index contributed by atoms with van der Waals surface area (Å²) in [4.78, 5) is 14.5. The minimum atomic E-state index is -3.67. The van der Waals surface area contributed by atoms with Crippen molar-refractivity contribution in [2.75, 3.05) is 39.4 Å². The van der Waals surface area contributed by atoms with Crippen molar-refractivity contribution >= 4 is 16.1 Å². The van der Waals surface area contributed by atoms with Crippen LogP contribution in [0.3, 0.4) is 0 Å². The largest absolute Gasteiger partial charge is 0.486 e. The van der Waals surface area contributed by atoms with Crippen LogP contribution in [0.2, 0.25) is 0 Å². The Morgan fingerprint density at radius 3 is 2.34 bits per heavy atom. The number of sulfonamides is 1. The molecule has 2 aromatic carbocycles. The zero-order valence-corrected chi connectivity index (χ0v) is 18.5. The van der Waals surface area contributed by atoms with Crippen LogP contribution in [0.15, 0.2) is 47.4 Å². The number of nitrogens with zero attached hydrogens (tertiary/aromatic N) is 3. The lowest BCUT2D eigenvalue weighted by atomic mass is 10.1. The number of carbonyl (C=O) groups excluding carboxylic acids is 1. The third-order valence-corrected chi connectivity index (χ3v) is 7.47. The van der Waals surface area contributed by atoms with E-state index in [4.69, 9.17) is 14.7 Å². The van der Waals surface area contributed by atoms with Gasteiger partial charge in [-0.25, -0.2) is 13.2 Å². The molecule has 2 amide bonds. The summed E-state index contributed by atoms with van der Waals surface area (Å²) in [5.74, 6) is 1.36. The number of benzene rings is 2. The zero-order chi connectivity index (χ0) is 22.7. The maximum Gasteiger partial charge on any atom is 0.317 e. The van der Waals surface area contributed by atoms with E-state index < -0.39 is 10.0 Å². The smallest absolute Gasteiger partial charge is 0.317 e. The van der Waals surface area contributed by atoms with Crippen molar-refractivity contribution in [3.05, 3.63) is 53.6 Å². The van der Waals surface area contributed by atoms with Crippen molar-refractivity contribution in [2.45, 2.75) is 17.9 Å². The van der Waals surface area contributed by atoms with Crippen LogP contribution in [0.1, 0.15) is 24.1 Å².